The Kier molecular flexibility index (Phi) is 6.21. The summed E-state index contributed by atoms with van der Waals surface area (Å²) in [5.74, 6) is -2.76. The lowest BCUT2D eigenvalue weighted by molar-refractivity contribution is -0.192. The van der Waals surface area contributed by atoms with Gasteiger partial charge in [-0.25, -0.2) is 4.79 Å². The number of nitrogens with one attached hydrogen (secondary N) is 1. The van der Waals surface area contributed by atoms with Crippen LogP contribution < -0.4 is 5.32 Å². The Hall–Kier alpha value is -1.77. The highest BCUT2D eigenvalue weighted by Crippen LogP contribution is 2.16. The Bertz CT molecular complexity index is 488. The molecule has 0 aliphatic carbocycles. The summed E-state index contributed by atoms with van der Waals surface area (Å²) >= 11 is 0. The van der Waals surface area contributed by atoms with Crippen molar-refractivity contribution in [3.63, 3.8) is 0 Å². The second-order valence-corrected chi connectivity index (χ2v) is 5.42. The number of alkyl halides is 3. The minimum atomic E-state index is -5.08. The Labute approximate surface area is 126 Å². The molecule has 2 rings (SSSR count). The van der Waals surface area contributed by atoms with E-state index in [4.69, 9.17) is 9.90 Å². The minimum Gasteiger partial charge on any atom is -0.475 e. The van der Waals surface area contributed by atoms with Gasteiger partial charge in [-0.15, -0.1) is 0 Å². The van der Waals surface area contributed by atoms with Crippen molar-refractivity contribution in [2.45, 2.75) is 38.5 Å². The molecule has 1 atom stereocenters. The molecule has 1 aromatic rings. The van der Waals surface area contributed by atoms with Crippen LogP contribution >= 0.6 is 0 Å². The van der Waals surface area contributed by atoms with Crippen LogP contribution in [0.15, 0.2) is 12.4 Å². The van der Waals surface area contributed by atoms with Gasteiger partial charge >= 0.3 is 12.1 Å². The normalized spacial score (nSPS) is 19.0. The maximum atomic E-state index is 10.6. The van der Waals surface area contributed by atoms with Gasteiger partial charge < -0.3 is 10.4 Å². The minimum absolute atomic E-state index is 0.580. The summed E-state index contributed by atoms with van der Waals surface area (Å²) in [4.78, 5) is 11.4. The van der Waals surface area contributed by atoms with Crippen molar-refractivity contribution in [3.8, 4) is 0 Å². The van der Waals surface area contributed by atoms with Gasteiger partial charge in [-0.1, -0.05) is 0 Å². The van der Waals surface area contributed by atoms with E-state index in [1.807, 2.05) is 24.1 Å². The molecule has 0 spiro atoms. The standard InChI is InChI=1S/C11H20N4.C2HF3O2/c1-9(2)15-5-4-10(8-15)13-11-6-12-14(3)7-11;3-2(4,5)1(6)7/h6-7,9-10,13H,4-5,8H2,1-3H3;(H,6,7). The zero-order valence-electron chi connectivity index (χ0n) is 12.8. The van der Waals surface area contributed by atoms with Crippen molar-refractivity contribution in [3.05, 3.63) is 12.4 Å². The number of rotatable bonds is 3. The fourth-order valence-electron chi connectivity index (χ4n) is 2.11. The first-order valence-electron chi connectivity index (χ1n) is 6.89. The number of aryl methyl sites for hydroxylation is 1. The Morgan fingerprint density at radius 3 is 2.45 bits per heavy atom. The van der Waals surface area contributed by atoms with Crippen LogP contribution in [-0.4, -0.2) is 57.1 Å². The summed E-state index contributed by atoms with van der Waals surface area (Å²) in [7, 11) is 1.94. The third-order valence-corrected chi connectivity index (χ3v) is 3.27. The van der Waals surface area contributed by atoms with Crippen molar-refractivity contribution in [2.75, 3.05) is 18.4 Å². The van der Waals surface area contributed by atoms with Crippen molar-refractivity contribution in [1.29, 1.82) is 0 Å². The van der Waals surface area contributed by atoms with Crippen LogP contribution in [0.1, 0.15) is 20.3 Å². The molecule has 22 heavy (non-hydrogen) atoms. The predicted molar refractivity (Wildman–Crippen MR) is 75.6 cm³/mol. The molecule has 0 bridgehead atoms. The molecular weight excluding hydrogens is 301 g/mol. The fourth-order valence-corrected chi connectivity index (χ4v) is 2.11. The number of carboxylic acid groups (broad SMARTS) is 1. The number of carboxylic acids is 1. The SMILES string of the molecule is CC(C)N1CCC(Nc2cnn(C)c2)C1.O=C(O)C(F)(F)F. The molecule has 126 valence electrons. The van der Waals surface area contributed by atoms with E-state index in [-0.39, 0.29) is 0 Å². The Balaban J connectivity index is 0.000000295. The number of aromatic nitrogens is 2. The van der Waals surface area contributed by atoms with Crippen LogP contribution in [0, 0.1) is 0 Å². The van der Waals surface area contributed by atoms with Crippen molar-refractivity contribution in [2.24, 2.45) is 7.05 Å². The van der Waals surface area contributed by atoms with E-state index in [9.17, 15) is 13.2 Å². The molecule has 1 aliphatic rings. The molecular formula is C13H21F3N4O2. The van der Waals surface area contributed by atoms with Gasteiger partial charge in [-0.3, -0.25) is 9.58 Å². The van der Waals surface area contributed by atoms with Crippen molar-refractivity contribution in [1.82, 2.24) is 14.7 Å². The highest BCUT2D eigenvalue weighted by molar-refractivity contribution is 5.73. The summed E-state index contributed by atoms with van der Waals surface area (Å²) in [6.45, 7) is 6.86. The summed E-state index contributed by atoms with van der Waals surface area (Å²) in [5.41, 5.74) is 1.13. The molecule has 1 aliphatic heterocycles. The number of anilines is 1. The number of likely N-dealkylation sites (tertiary alicyclic amines) is 1. The highest BCUT2D eigenvalue weighted by atomic mass is 19.4. The van der Waals surface area contributed by atoms with Gasteiger partial charge in [-0.05, 0) is 20.3 Å². The van der Waals surface area contributed by atoms with Gasteiger partial charge in [0, 0.05) is 38.4 Å². The Morgan fingerprint density at radius 2 is 2.09 bits per heavy atom. The molecule has 0 amide bonds. The van der Waals surface area contributed by atoms with Gasteiger partial charge in [0.05, 0.1) is 11.9 Å². The molecule has 1 unspecified atom stereocenters. The van der Waals surface area contributed by atoms with Gasteiger partial charge in [0.1, 0.15) is 0 Å². The average molecular weight is 322 g/mol. The zero-order valence-corrected chi connectivity index (χ0v) is 12.8. The number of halogens is 3. The van der Waals surface area contributed by atoms with Gasteiger partial charge in [-0.2, -0.15) is 18.3 Å². The van der Waals surface area contributed by atoms with Crippen molar-refractivity contribution >= 4 is 11.7 Å². The van der Waals surface area contributed by atoms with E-state index < -0.39 is 12.1 Å². The maximum absolute atomic E-state index is 10.6. The monoisotopic (exact) mass is 322 g/mol. The van der Waals surface area contributed by atoms with Gasteiger partial charge in [0.2, 0.25) is 0 Å². The van der Waals surface area contributed by atoms with Crippen LogP contribution in [0.2, 0.25) is 0 Å². The lowest BCUT2D eigenvalue weighted by atomic mass is 10.2. The van der Waals surface area contributed by atoms with Crippen molar-refractivity contribution < 1.29 is 23.1 Å². The first kappa shape index (κ1) is 18.3. The van der Waals surface area contributed by atoms with Gasteiger partial charge in [0.15, 0.2) is 0 Å². The average Bonchev–Trinajstić information content (AvgIpc) is 2.99. The van der Waals surface area contributed by atoms with Crippen LogP contribution in [0.25, 0.3) is 0 Å². The van der Waals surface area contributed by atoms with E-state index in [1.165, 1.54) is 13.0 Å². The number of carbonyl (C=O) groups is 1. The second kappa shape index (κ2) is 7.48. The maximum Gasteiger partial charge on any atom is 0.490 e. The first-order chi connectivity index (χ1) is 10.1. The van der Waals surface area contributed by atoms with E-state index in [2.05, 4.69) is 29.2 Å². The van der Waals surface area contributed by atoms with E-state index in [0.717, 1.165) is 12.2 Å². The smallest absolute Gasteiger partial charge is 0.475 e. The largest absolute Gasteiger partial charge is 0.490 e. The number of nitrogens with zero attached hydrogens (tertiary/aromatic N) is 3. The van der Waals surface area contributed by atoms with Crippen LogP contribution in [0.4, 0.5) is 18.9 Å². The third kappa shape index (κ3) is 5.92. The Morgan fingerprint density at radius 1 is 1.50 bits per heavy atom. The number of hydrogen-bond donors (Lipinski definition) is 2. The summed E-state index contributed by atoms with van der Waals surface area (Å²) in [6.07, 6.45) is 0.0587. The lowest BCUT2D eigenvalue weighted by Crippen LogP contribution is -2.31. The van der Waals surface area contributed by atoms with Crippen LogP contribution in [0.5, 0.6) is 0 Å². The van der Waals surface area contributed by atoms with E-state index in [0.29, 0.717) is 12.1 Å². The molecule has 0 radical (unpaired) electrons. The molecule has 1 fully saturated rings. The molecule has 0 aromatic carbocycles. The molecule has 0 saturated carbocycles. The second-order valence-electron chi connectivity index (χ2n) is 5.42. The molecule has 1 aromatic heterocycles. The molecule has 1 saturated heterocycles. The van der Waals surface area contributed by atoms with E-state index >= 15 is 0 Å². The molecule has 9 heteroatoms. The van der Waals surface area contributed by atoms with E-state index in [1.54, 1.807) is 0 Å². The predicted octanol–water partition coefficient (Wildman–Crippen LogP) is 1.95. The van der Waals surface area contributed by atoms with Gasteiger partial charge in [0.25, 0.3) is 0 Å². The first-order valence-corrected chi connectivity index (χ1v) is 6.89. The molecule has 2 N–H and O–H groups in total. The molecule has 6 nitrogen and oxygen atoms in total. The van der Waals surface area contributed by atoms with Crippen LogP contribution in [0.3, 0.4) is 0 Å². The fraction of sp³-hybridized carbons (Fsp3) is 0.692. The summed E-state index contributed by atoms with van der Waals surface area (Å²) in [6, 6.07) is 1.24. The third-order valence-electron chi connectivity index (χ3n) is 3.27. The quantitative estimate of drug-likeness (QED) is 0.890. The summed E-state index contributed by atoms with van der Waals surface area (Å²) in [5, 5.41) is 14.8. The van der Waals surface area contributed by atoms with Crippen LogP contribution in [-0.2, 0) is 11.8 Å². The molecule has 2 heterocycles. The lowest BCUT2D eigenvalue weighted by Gasteiger charge is -2.20. The number of hydrogen-bond acceptors (Lipinski definition) is 4. The topological polar surface area (TPSA) is 70.4 Å². The summed E-state index contributed by atoms with van der Waals surface area (Å²) < 4.78 is 33.6. The zero-order chi connectivity index (χ0) is 16.9. The number of aliphatic carboxylic acids is 1. The highest BCUT2D eigenvalue weighted by Gasteiger charge is 2.38.